The number of carbonyl (C=O) groups excluding carboxylic acids is 3. The second kappa shape index (κ2) is 16.7. The minimum absolute atomic E-state index is 0.0494. The molecular formula is C45H46ClN3O9. The number of hydrogen-bond acceptors (Lipinski definition) is 9. The van der Waals surface area contributed by atoms with Crippen LogP contribution in [0.1, 0.15) is 65.6 Å². The first-order valence-corrected chi connectivity index (χ1v) is 20.1. The van der Waals surface area contributed by atoms with E-state index in [4.69, 9.17) is 35.3 Å². The van der Waals surface area contributed by atoms with Crippen LogP contribution in [-0.4, -0.2) is 79.2 Å². The summed E-state index contributed by atoms with van der Waals surface area (Å²) in [5.41, 5.74) is 4.62. The summed E-state index contributed by atoms with van der Waals surface area (Å²) >= 11 is 6.42. The second-order valence-electron chi connectivity index (χ2n) is 15.1. The summed E-state index contributed by atoms with van der Waals surface area (Å²) in [5.74, 6) is 0.514. The van der Waals surface area contributed by atoms with Crippen LogP contribution in [0.3, 0.4) is 0 Å². The van der Waals surface area contributed by atoms with E-state index in [9.17, 15) is 19.5 Å². The van der Waals surface area contributed by atoms with Crippen LogP contribution in [0.4, 0.5) is 16.2 Å². The van der Waals surface area contributed by atoms with Gasteiger partial charge in [-0.1, -0.05) is 66.8 Å². The molecule has 4 atom stereocenters. The third kappa shape index (κ3) is 7.47. The van der Waals surface area contributed by atoms with E-state index in [1.807, 2.05) is 55.5 Å². The van der Waals surface area contributed by atoms with Crippen molar-refractivity contribution in [1.82, 2.24) is 4.90 Å². The van der Waals surface area contributed by atoms with Crippen molar-refractivity contribution in [3.8, 4) is 17.2 Å². The summed E-state index contributed by atoms with van der Waals surface area (Å²) < 4.78 is 30.3. The Labute approximate surface area is 342 Å². The molecule has 3 amide bonds. The van der Waals surface area contributed by atoms with E-state index in [0.717, 1.165) is 45.9 Å². The minimum Gasteiger partial charge on any atom is -0.507 e. The Morgan fingerprint density at radius 1 is 1.02 bits per heavy atom. The maximum absolute atomic E-state index is 14.3. The van der Waals surface area contributed by atoms with E-state index in [0.29, 0.717) is 43.3 Å². The van der Waals surface area contributed by atoms with Crippen LogP contribution < -0.4 is 19.3 Å². The van der Waals surface area contributed by atoms with Crippen LogP contribution in [0, 0.1) is 0 Å². The predicted molar refractivity (Wildman–Crippen MR) is 220 cm³/mol. The highest BCUT2D eigenvalue weighted by Gasteiger charge is 2.47. The highest BCUT2D eigenvalue weighted by molar-refractivity contribution is 6.19. The zero-order chi connectivity index (χ0) is 40.5. The van der Waals surface area contributed by atoms with Crippen molar-refractivity contribution in [2.75, 3.05) is 42.5 Å². The Hall–Kier alpha value is -5.56. The normalized spacial score (nSPS) is 21.2. The fourth-order valence-corrected chi connectivity index (χ4v) is 8.73. The molecule has 4 aliphatic rings. The van der Waals surface area contributed by atoms with E-state index in [1.165, 1.54) is 18.1 Å². The van der Waals surface area contributed by atoms with Gasteiger partial charge in [-0.2, -0.15) is 0 Å². The lowest BCUT2D eigenvalue weighted by Crippen LogP contribution is -2.53. The molecule has 4 aromatic rings. The lowest BCUT2D eigenvalue weighted by atomic mass is 9.95. The van der Waals surface area contributed by atoms with Crippen LogP contribution >= 0.6 is 11.6 Å². The van der Waals surface area contributed by atoms with Crippen molar-refractivity contribution in [2.45, 2.75) is 70.1 Å². The van der Waals surface area contributed by atoms with Gasteiger partial charge in [0.1, 0.15) is 19.0 Å². The van der Waals surface area contributed by atoms with Crippen molar-refractivity contribution in [2.24, 2.45) is 0 Å². The van der Waals surface area contributed by atoms with Gasteiger partial charge in [-0.15, -0.1) is 11.6 Å². The number of amides is 3. The van der Waals surface area contributed by atoms with Crippen LogP contribution in [0.5, 0.6) is 17.2 Å². The van der Waals surface area contributed by atoms with Crippen molar-refractivity contribution in [3.63, 3.8) is 0 Å². The first kappa shape index (κ1) is 39.3. The number of halogens is 1. The van der Waals surface area contributed by atoms with Gasteiger partial charge in [0.2, 0.25) is 5.91 Å². The van der Waals surface area contributed by atoms with Crippen LogP contribution in [0.15, 0.2) is 91.2 Å². The molecule has 0 aliphatic carbocycles. The Morgan fingerprint density at radius 2 is 1.83 bits per heavy atom. The number of aromatic hydroxyl groups is 1. The highest BCUT2D eigenvalue weighted by Crippen LogP contribution is 2.46. The lowest BCUT2D eigenvalue weighted by molar-refractivity contribution is -0.195. The molecule has 1 fully saturated rings. The van der Waals surface area contributed by atoms with Gasteiger partial charge in [-0.05, 0) is 60.7 Å². The third-order valence-electron chi connectivity index (χ3n) is 11.2. The number of carbonyl (C=O) groups is 3. The molecule has 0 saturated carbocycles. The Kier molecular flexibility index (Phi) is 11.3. The number of benzene rings is 4. The van der Waals surface area contributed by atoms with Crippen LogP contribution in [0.2, 0.25) is 0 Å². The van der Waals surface area contributed by atoms with E-state index in [2.05, 4.69) is 6.58 Å². The molecule has 2 unspecified atom stereocenters. The molecule has 302 valence electrons. The van der Waals surface area contributed by atoms with Gasteiger partial charge in [-0.3, -0.25) is 9.59 Å². The highest BCUT2D eigenvalue weighted by atomic mass is 35.5. The number of nitrogens with zero attached hydrogens (tertiary/aromatic N) is 3. The van der Waals surface area contributed by atoms with Gasteiger partial charge in [0.25, 0.3) is 5.91 Å². The van der Waals surface area contributed by atoms with Crippen LogP contribution in [0.25, 0.3) is 10.8 Å². The first-order valence-electron chi connectivity index (χ1n) is 19.6. The molecule has 12 nitrogen and oxygen atoms in total. The zero-order valence-corrected chi connectivity index (χ0v) is 33.3. The topological polar surface area (TPSA) is 127 Å². The summed E-state index contributed by atoms with van der Waals surface area (Å²) in [4.78, 5) is 46.9. The summed E-state index contributed by atoms with van der Waals surface area (Å²) in [5, 5.41) is 12.5. The third-order valence-corrected chi connectivity index (χ3v) is 11.5. The molecule has 4 aromatic carbocycles. The smallest absolute Gasteiger partial charge is 0.416 e. The molecule has 0 aromatic heterocycles. The number of anilines is 2. The van der Waals surface area contributed by atoms with E-state index < -0.39 is 24.7 Å². The largest absolute Gasteiger partial charge is 0.507 e. The molecule has 1 saturated heterocycles. The number of phenolic OH excluding ortho intramolecular Hbond substituents is 1. The average molecular weight is 808 g/mol. The fraction of sp³-hybridized carbons (Fsp3) is 0.356. The molecule has 58 heavy (non-hydrogen) atoms. The summed E-state index contributed by atoms with van der Waals surface area (Å²) in [7, 11) is 1.49. The summed E-state index contributed by atoms with van der Waals surface area (Å²) in [6.07, 6.45) is 4.11. The van der Waals surface area contributed by atoms with Crippen molar-refractivity contribution in [3.05, 3.63) is 113 Å². The predicted octanol–water partition coefficient (Wildman–Crippen LogP) is 8.17. The number of methoxy groups -OCH3 is 1. The molecule has 1 N–H and O–H groups in total. The summed E-state index contributed by atoms with van der Waals surface area (Å²) in [6, 6.07) is 19.5. The molecular weight excluding hydrogens is 762 g/mol. The first-order chi connectivity index (χ1) is 28.2. The maximum atomic E-state index is 14.3. The molecule has 0 bridgehead atoms. The Balaban J connectivity index is 1.07. The molecule has 4 heterocycles. The van der Waals surface area contributed by atoms with Gasteiger partial charge in [-0.25, -0.2) is 9.69 Å². The number of phenols is 1. The lowest BCUT2D eigenvalue weighted by Gasteiger charge is -2.38. The van der Waals surface area contributed by atoms with Gasteiger partial charge in [0.15, 0.2) is 24.0 Å². The van der Waals surface area contributed by atoms with Gasteiger partial charge < -0.3 is 38.6 Å². The zero-order valence-electron chi connectivity index (χ0n) is 32.5. The monoisotopic (exact) mass is 807 g/mol. The maximum Gasteiger partial charge on any atom is 0.416 e. The molecule has 0 radical (unpaired) electrons. The number of ether oxygens (including phenoxy) is 5. The van der Waals surface area contributed by atoms with Crippen LogP contribution in [-0.2, 0) is 32.0 Å². The van der Waals surface area contributed by atoms with E-state index in [-0.39, 0.29) is 60.1 Å². The van der Waals surface area contributed by atoms with Crippen molar-refractivity contribution < 1.29 is 43.2 Å². The van der Waals surface area contributed by atoms with E-state index >= 15 is 0 Å². The summed E-state index contributed by atoms with van der Waals surface area (Å²) in [6.45, 7) is 6.62. The Bertz CT molecular complexity index is 2290. The number of hydrogen-bond donors (Lipinski definition) is 1. The number of alkyl halides is 1. The van der Waals surface area contributed by atoms with Gasteiger partial charge in [0.05, 0.1) is 36.5 Å². The average Bonchev–Trinajstić information content (AvgIpc) is 3.80. The van der Waals surface area contributed by atoms with Crippen molar-refractivity contribution >= 4 is 51.7 Å². The van der Waals surface area contributed by atoms with Gasteiger partial charge >= 0.3 is 6.09 Å². The molecule has 8 rings (SSSR count). The minimum atomic E-state index is -0.945. The van der Waals surface area contributed by atoms with E-state index in [1.54, 1.807) is 34.2 Å². The molecule has 13 heteroatoms. The number of rotatable bonds is 11. The van der Waals surface area contributed by atoms with Gasteiger partial charge in [0, 0.05) is 48.7 Å². The standard InChI is InChI=1S/C45H46ClN3O9/c1-4-15-56-45(53)49-34-22-39(38(54-3)20-33(34)43(52)48-24-27(2)17-36(48)44(49)58-41-14-7-8-16-55-41)57-26-29-11-9-10-28(18-29)19-40(51)47-25-30(23-46)42-32-13-6-5-12-31(32)37(50)21-35(42)47/h4-6,9-13,18,20-22,24,30,36,41,44,50H,1,7-8,14-17,19,23,25-26H2,2-3H3/t30-,36+,41?,44?/m1/s1. The quantitative estimate of drug-likeness (QED) is 0.118. The van der Waals surface area contributed by atoms with Crippen molar-refractivity contribution in [1.29, 1.82) is 0 Å². The molecule has 0 spiro atoms. The molecule has 4 aliphatic heterocycles. The second-order valence-corrected chi connectivity index (χ2v) is 15.4. The fourth-order valence-electron chi connectivity index (χ4n) is 8.48. The SMILES string of the molecule is C=CCOC(=O)N1c2cc(OCc3cccc(CC(=O)N4C[C@@H](CCl)c5c4cc(O)c4ccccc54)c3)c(OC)cc2C(=O)N2C=C(C)C[C@H]2C1OC1CCCCO1. The number of fused-ring (bicyclic) bond motifs is 5. The Morgan fingerprint density at radius 3 is 2.59 bits per heavy atom.